The van der Waals surface area contributed by atoms with E-state index in [-0.39, 0.29) is 6.61 Å². The first-order chi connectivity index (χ1) is 12.9. The SMILES string of the molecule is Cc1cc(=O)oc2cc(OCC(=O)N[C@H](C(=O)O)c3ccccc3)ccc12. The molecule has 0 aliphatic heterocycles. The average molecular weight is 367 g/mol. The molecule has 1 amide bonds. The summed E-state index contributed by atoms with van der Waals surface area (Å²) in [5.74, 6) is -1.42. The molecule has 1 atom stereocenters. The highest BCUT2D eigenvalue weighted by atomic mass is 16.5. The Labute approximate surface area is 154 Å². The molecule has 0 unspecified atom stereocenters. The molecule has 0 aliphatic rings. The predicted molar refractivity (Wildman–Crippen MR) is 97.7 cm³/mol. The third kappa shape index (κ3) is 4.33. The number of aliphatic carboxylic acids is 1. The number of carboxylic acids is 1. The summed E-state index contributed by atoms with van der Waals surface area (Å²) >= 11 is 0. The lowest BCUT2D eigenvalue weighted by atomic mass is 10.1. The molecule has 1 heterocycles. The number of rotatable bonds is 6. The Balaban J connectivity index is 1.69. The number of carbonyl (C=O) groups excluding carboxylic acids is 1. The van der Waals surface area contributed by atoms with Crippen LogP contribution in [0.1, 0.15) is 17.2 Å². The number of nitrogens with one attached hydrogen (secondary N) is 1. The first-order valence-corrected chi connectivity index (χ1v) is 8.18. The minimum Gasteiger partial charge on any atom is -0.484 e. The molecule has 1 aromatic heterocycles. The van der Waals surface area contributed by atoms with E-state index in [1.165, 1.54) is 12.1 Å². The second-order valence-electron chi connectivity index (χ2n) is 5.94. The Morgan fingerprint density at radius 1 is 1.15 bits per heavy atom. The van der Waals surface area contributed by atoms with E-state index in [0.717, 1.165) is 10.9 Å². The van der Waals surface area contributed by atoms with Gasteiger partial charge in [-0.15, -0.1) is 0 Å². The molecule has 0 fully saturated rings. The Morgan fingerprint density at radius 3 is 2.59 bits per heavy atom. The molecule has 0 saturated heterocycles. The fourth-order valence-corrected chi connectivity index (χ4v) is 2.68. The van der Waals surface area contributed by atoms with Crippen LogP contribution in [-0.2, 0) is 9.59 Å². The summed E-state index contributed by atoms with van der Waals surface area (Å²) in [5, 5.41) is 12.5. The van der Waals surface area contributed by atoms with E-state index in [1.54, 1.807) is 49.4 Å². The van der Waals surface area contributed by atoms with Crippen LogP contribution in [-0.4, -0.2) is 23.6 Å². The lowest BCUT2D eigenvalue weighted by Gasteiger charge is -2.15. The zero-order chi connectivity index (χ0) is 19.4. The van der Waals surface area contributed by atoms with E-state index in [1.807, 2.05) is 0 Å². The van der Waals surface area contributed by atoms with Gasteiger partial charge >= 0.3 is 11.6 Å². The zero-order valence-corrected chi connectivity index (χ0v) is 14.5. The molecule has 2 N–H and O–H groups in total. The first kappa shape index (κ1) is 18.2. The smallest absolute Gasteiger partial charge is 0.336 e. The summed E-state index contributed by atoms with van der Waals surface area (Å²) in [6.45, 7) is 1.42. The topological polar surface area (TPSA) is 106 Å². The van der Waals surface area contributed by atoms with Gasteiger partial charge in [-0.3, -0.25) is 4.79 Å². The van der Waals surface area contributed by atoms with Gasteiger partial charge in [-0.2, -0.15) is 0 Å². The number of hydrogen-bond donors (Lipinski definition) is 2. The quantitative estimate of drug-likeness (QED) is 0.648. The maximum Gasteiger partial charge on any atom is 0.336 e. The van der Waals surface area contributed by atoms with Crippen LogP contribution in [0, 0.1) is 6.92 Å². The molecule has 138 valence electrons. The largest absolute Gasteiger partial charge is 0.484 e. The van der Waals surface area contributed by atoms with E-state index in [0.29, 0.717) is 16.9 Å². The first-order valence-electron chi connectivity index (χ1n) is 8.18. The van der Waals surface area contributed by atoms with Gasteiger partial charge in [-0.05, 0) is 30.2 Å². The second-order valence-corrected chi connectivity index (χ2v) is 5.94. The van der Waals surface area contributed by atoms with Crippen LogP contribution in [0.2, 0.25) is 0 Å². The molecule has 0 saturated carbocycles. The van der Waals surface area contributed by atoms with E-state index in [4.69, 9.17) is 9.15 Å². The van der Waals surface area contributed by atoms with Gasteiger partial charge in [-0.1, -0.05) is 30.3 Å². The summed E-state index contributed by atoms with van der Waals surface area (Å²) in [7, 11) is 0. The van der Waals surface area contributed by atoms with E-state index in [9.17, 15) is 19.5 Å². The van der Waals surface area contributed by atoms with Gasteiger partial charge in [0.15, 0.2) is 12.6 Å². The number of hydrogen-bond acceptors (Lipinski definition) is 5. The molecule has 0 radical (unpaired) electrons. The van der Waals surface area contributed by atoms with Gasteiger partial charge in [0.1, 0.15) is 11.3 Å². The molecule has 0 aliphatic carbocycles. The Bertz CT molecular complexity index is 1040. The van der Waals surface area contributed by atoms with E-state index < -0.39 is 23.5 Å². The number of benzene rings is 2. The van der Waals surface area contributed by atoms with Crippen molar-refractivity contribution in [1.82, 2.24) is 5.32 Å². The van der Waals surface area contributed by atoms with Crippen molar-refractivity contribution in [3.05, 3.63) is 76.1 Å². The van der Waals surface area contributed by atoms with Crippen LogP contribution in [0.4, 0.5) is 0 Å². The maximum atomic E-state index is 12.1. The summed E-state index contributed by atoms with van der Waals surface area (Å²) in [6.07, 6.45) is 0. The van der Waals surface area contributed by atoms with Crippen LogP contribution < -0.4 is 15.7 Å². The van der Waals surface area contributed by atoms with Crippen molar-refractivity contribution in [3.63, 3.8) is 0 Å². The summed E-state index contributed by atoms with van der Waals surface area (Å²) in [5.41, 5.74) is 1.12. The molecule has 27 heavy (non-hydrogen) atoms. The number of amides is 1. The Morgan fingerprint density at radius 2 is 1.89 bits per heavy atom. The van der Waals surface area contributed by atoms with Gasteiger partial charge in [-0.25, -0.2) is 9.59 Å². The molecule has 2 aromatic carbocycles. The monoisotopic (exact) mass is 367 g/mol. The normalized spacial score (nSPS) is 11.7. The van der Waals surface area contributed by atoms with Crippen molar-refractivity contribution in [3.8, 4) is 5.75 Å². The number of aryl methyl sites for hydroxylation is 1. The molecule has 0 spiro atoms. The van der Waals surface area contributed by atoms with Crippen LogP contribution in [0.25, 0.3) is 11.0 Å². The summed E-state index contributed by atoms with van der Waals surface area (Å²) in [4.78, 5) is 35.0. The number of carboxylic acid groups (broad SMARTS) is 1. The highest BCUT2D eigenvalue weighted by Gasteiger charge is 2.22. The summed E-state index contributed by atoms with van der Waals surface area (Å²) in [6, 6.07) is 13.5. The Hall–Kier alpha value is -3.61. The van der Waals surface area contributed by atoms with E-state index in [2.05, 4.69) is 5.32 Å². The number of fused-ring (bicyclic) bond motifs is 1. The minimum atomic E-state index is -1.17. The number of ether oxygens (including phenoxy) is 1. The Kier molecular flexibility index (Phi) is 5.21. The van der Waals surface area contributed by atoms with Crippen LogP contribution in [0.5, 0.6) is 5.75 Å². The van der Waals surface area contributed by atoms with Crippen molar-refractivity contribution < 1.29 is 23.8 Å². The molecule has 7 nitrogen and oxygen atoms in total. The lowest BCUT2D eigenvalue weighted by Crippen LogP contribution is -2.36. The van der Waals surface area contributed by atoms with Crippen LogP contribution in [0.3, 0.4) is 0 Å². The van der Waals surface area contributed by atoms with Crippen molar-refractivity contribution in [2.75, 3.05) is 6.61 Å². The van der Waals surface area contributed by atoms with Crippen molar-refractivity contribution >= 4 is 22.8 Å². The molecule has 3 rings (SSSR count). The van der Waals surface area contributed by atoms with E-state index >= 15 is 0 Å². The minimum absolute atomic E-state index is 0.331. The van der Waals surface area contributed by atoms with Crippen molar-refractivity contribution in [2.45, 2.75) is 13.0 Å². The molecular weight excluding hydrogens is 350 g/mol. The highest BCUT2D eigenvalue weighted by molar-refractivity contribution is 5.85. The fraction of sp³-hybridized carbons (Fsp3) is 0.150. The van der Waals surface area contributed by atoms with Crippen LogP contribution >= 0.6 is 0 Å². The highest BCUT2D eigenvalue weighted by Crippen LogP contribution is 2.22. The van der Waals surface area contributed by atoms with Gasteiger partial charge < -0.3 is 19.6 Å². The van der Waals surface area contributed by atoms with Crippen molar-refractivity contribution in [1.29, 1.82) is 0 Å². The van der Waals surface area contributed by atoms with Gasteiger partial charge in [0.2, 0.25) is 0 Å². The standard InChI is InChI=1S/C20H17NO6/c1-12-9-18(23)27-16-10-14(7-8-15(12)16)26-11-17(22)21-19(20(24)25)13-5-3-2-4-6-13/h2-10,19H,11H2,1H3,(H,21,22)(H,24,25)/t19-/m0/s1. The van der Waals surface area contributed by atoms with Crippen molar-refractivity contribution in [2.24, 2.45) is 0 Å². The molecular formula is C20H17NO6. The molecule has 7 heteroatoms. The average Bonchev–Trinajstić information content (AvgIpc) is 2.64. The number of carbonyl (C=O) groups is 2. The fourth-order valence-electron chi connectivity index (χ4n) is 2.68. The van der Waals surface area contributed by atoms with Gasteiger partial charge in [0.05, 0.1) is 0 Å². The molecule has 3 aromatic rings. The van der Waals surface area contributed by atoms with Gasteiger partial charge in [0, 0.05) is 17.5 Å². The van der Waals surface area contributed by atoms with Gasteiger partial charge in [0.25, 0.3) is 5.91 Å². The van der Waals surface area contributed by atoms with Crippen LogP contribution in [0.15, 0.2) is 63.8 Å². The third-order valence-electron chi connectivity index (χ3n) is 3.98. The second kappa shape index (κ2) is 7.74. The molecule has 0 bridgehead atoms. The summed E-state index contributed by atoms with van der Waals surface area (Å²) < 4.78 is 10.5. The maximum absolute atomic E-state index is 12.1. The lowest BCUT2D eigenvalue weighted by molar-refractivity contribution is -0.142. The zero-order valence-electron chi connectivity index (χ0n) is 14.5. The predicted octanol–water partition coefficient (Wildman–Crippen LogP) is 2.42. The third-order valence-corrected chi connectivity index (χ3v) is 3.98.